The van der Waals surface area contributed by atoms with Gasteiger partial charge in [-0.1, -0.05) is 59.8 Å². The van der Waals surface area contributed by atoms with E-state index >= 15 is 0 Å². The zero-order chi connectivity index (χ0) is 23.6. The molecule has 0 amide bonds. The van der Waals surface area contributed by atoms with Gasteiger partial charge in [0.1, 0.15) is 12.4 Å². The Hall–Kier alpha value is -3.93. The first-order valence-corrected chi connectivity index (χ1v) is 11.4. The average molecular weight is 457 g/mol. The highest BCUT2D eigenvalue weighted by atomic mass is 16.6. The maximum absolute atomic E-state index is 10.8. The number of carbonyl (C=O) groups is 1. The first kappa shape index (κ1) is 23.2. The van der Waals surface area contributed by atoms with Gasteiger partial charge in [-0.15, -0.1) is 0 Å². The lowest BCUT2D eigenvalue weighted by Crippen LogP contribution is -2.16. The maximum atomic E-state index is 10.8. The fourth-order valence-electron chi connectivity index (χ4n) is 4.16. The van der Waals surface area contributed by atoms with Crippen LogP contribution in [0.2, 0.25) is 0 Å². The number of aliphatic carboxylic acids is 1. The number of pyridine rings is 1. The number of carboxylic acid groups (broad SMARTS) is 1. The number of carboxylic acids is 1. The molecular weight excluding hydrogens is 428 g/mol. The summed E-state index contributed by atoms with van der Waals surface area (Å²) in [5, 5.41) is 13.3. The van der Waals surface area contributed by atoms with E-state index in [9.17, 15) is 4.79 Å². The van der Waals surface area contributed by atoms with E-state index in [1.165, 1.54) is 5.56 Å². The minimum atomic E-state index is -0.965. The molecule has 6 nitrogen and oxygen atoms in total. The lowest BCUT2D eigenvalue weighted by Gasteiger charge is -2.24. The van der Waals surface area contributed by atoms with Gasteiger partial charge in [0.05, 0.1) is 5.71 Å². The SMILES string of the molecule is O=C(O)COc1cccc2c1CCC(/C=C/CO/N=C(\Cc1cccnc1)c1ccccc1)C2. The highest BCUT2D eigenvalue weighted by Gasteiger charge is 2.20. The van der Waals surface area contributed by atoms with Gasteiger partial charge in [-0.05, 0) is 65.6 Å². The minimum absolute atomic E-state index is 0.316. The highest BCUT2D eigenvalue weighted by Crippen LogP contribution is 2.32. The molecule has 1 heterocycles. The van der Waals surface area contributed by atoms with Crippen molar-refractivity contribution in [2.75, 3.05) is 13.2 Å². The first-order valence-electron chi connectivity index (χ1n) is 11.4. The molecule has 0 bridgehead atoms. The highest BCUT2D eigenvalue weighted by molar-refractivity contribution is 6.01. The number of nitrogens with zero attached hydrogens (tertiary/aromatic N) is 2. The minimum Gasteiger partial charge on any atom is -0.482 e. The maximum Gasteiger partial charge on any atom is 0.341 e. The predicted molar refractivity (Wildman–Crippen MR) is 131 cm³/mol. The van der Waals surface area contributed by atoms with Crippen molar-refractivity contribution in [3.05, 3.63) is 107 Å². The van der Waals surface area contributed by atoms with Gasteiger partial charge in [-0.25, -0.2) is 4.79 Å². The Morgan fingerprint density at radius 2 is 2.00 bits per heavy atom. The van der Waals surface area contributed by atoms with Gasteiger partial charge in [-0.3, -0.25) is 4.98 Å². The molecule has 1 aromatic heterocycles. The summed E-state index contributed by atoms with van der Waals surface area (Å²) in [6.45, 7) is 0.0812. The number of allylic oxidation sites excluding steroid dienone is 1. The van der Waals surface area contributed by atoms with Gasteiger partial charge in [0, 0.05) is 18.8 Å². The van der Waals surface area contributed by atoms with E-state index in [-0.39, 0.29) is 6.61 Å². The molecule has 1 N–H and O–H groups in total. The molecule has 2 aromatic carbocycles. The molecule has 0 spiro atoms. The summed E-state index contributed by atoms with van der Waals surface area (Å²) in [6.07, 6.45) is 11.2. The van der Waals surface area contributed by atoms with Gasteiger partial charge in [0.15, 0.2) is 6.61 Å². The van der Waals surface area contributed by atoms with Crippen LogP contribution in [0.5, 0.6) is 5.75 Å². The van der Waals surface area contributed by atoms with Crippen LogP contribution in [0.15, 0.2) is 90.4 Å². The molecule has 1 aliphatic rings. The monoisotopic (exact) mass is 456 g/mol. The van der Waals surface area contributed by atoms with Crippen LogP contribution in [0, 0.1) is 5.92 Å². The van der Waals surface area contributed by atoms with Crippen molar-refractivity contribution in [2.45, 2.75) is 25.7 Å². The predicted octanol–water partition coefficient (Wildman–Crippen LogP) is 4.87. The number of benzene rings is 2. The van der Waals surface area contributed by atoms with Crippen molar-refractivity contribution in [2.24, 2.45) is 11.1 Å². The van der Waals surface area contributed by atoms with Crippen LogP contribution < -0.4 is 4.74 Å². The molecular formula is C28H28N2O4. The van der Waals surface area contributed by atoms with E-state index in [2.05, 4.69) is 22.3 Å². The van der Waals surface area contributed by atoms with E-state index in [0.29, 0.717) is 24.7 Å². The number of hydrogen-bond donors (Lipinski definition) is 1. The molecule has 0 saturated heterocycles. The second kappa shape index (κ2) is 11.8. The summed E-state index contributed by atoms with van der Waals surface area (Å²) >= 11 is 0. The number of aromatic nitrogens is 1. The van der Waals surface area contributed by atoms with Crippen molar-refractivity contribution < 1.29 is 19.5 Å². The Bertz CT molecular complexity index is 1140. The van der Waals surface area contributed by atoms with Gasteiger partial charge in [0.2, 0.25) is 0 Å². The van der Waals surface area contributed by atoms with Gasteiger partial charge >= 0.3 is 5.97 Å². The van der Waals surface area contributed by atoms with Crippen molar-refractivity contribution in [3.8, 4) is 5.75 Å². The van der Waals surface area contributed by atoms with E-state index in [1.54, 1.807) is 6.20 Å². The number of ether oxygens (including phenoxy) is 1. The van der Waals surface area contributed by atoms with Crippen LogP contribution in [-0.4, -0.2) is 35.0 Å². The number of oxime groups is 1. The number of fused-ring (bicyclic) bond motifs is 1. The Balaban J connectivity index is 1.34. The molecule has 0 aliphatic heterocycles. The smallest absolute Gasteiger partial charge is 0.341 e. The van der Waals surface area contributed by atoms with Gasteiger partial charge in [0.25, 0.3) is 0 Å². The van der Waals surface area contributed by atoms with E-state index < -0.39 is 5.97 Å². The Kier molecular flexibility index (Phi) is 8.06. The molecule has 34 heavy (non-hydrogen) atoms. The summed E-state index contributed by atoms with van der Waals surface area (Å²) < 4.78 is 5.46. The van der Waals surface area contributed by atoms with Crippen molar-refractivity contribution in [1.29, 1.82) is 0 Å². The third-order valence-electron chi connectivity index (χ3n) is 5.78. The average Bonchev–Trinajstić information content (AvgIpc) is 2.87. The summed E-state index contributed by atoms with van der Waals surface area (Å²) in [7, 11) is 0. The topological polar surface area (TPSA) is 81.0 Å². The zero-order valence-corrected chi connectivity index (χ0v) is 19.0. The lowest BCUT2D eigenvalue weighted by molar-refractivity contribution is -0.139. The second-order valence-electron chi connectivity index (χ2n) is 8.25. The summed E-state index contributed by atoms with van der Waals surface area (Å²) in [5.41, 5.74) is 5.31. The largest absolute Gasteiger partial charge is 0.482 e. The molecule has 1 atom stereocenters. The molecule has 0 fully saturated rings. The third-order valence-corrected chi connectivity index (χ3v) is 5.78. The van der Waals surface area contributed by atoms with Crippen LogP contribution >= 0.6 is 0 Å². The zero-order valence-electron chi connectivity index (χ0n) is 19.0. The van der Waals surface area contributed by atoms with E-state index in [0.717, 1.165) is 41.7 Å². The van der Waals surface area contributed by atoms with Crippen molar-refractivity contribution in [1.82, 2.24) is 4.98 Å². The Labute approximate surface area is 199 Å². The standard InChI is InChI=1S/C28H28N2O4/c31-28(32)20-33-27-12-4-11-24-17-21(13-14-25(24)27)8-6-16-34-30-26(23-9-2-1-3-10-23)18-22-7-5-15-29-19-22/h1-12,15,19,21H,13-14,16-18,20H2,(H,31,32)/b8-6+,30-26+. The summed E-state index contributed by atoms with van der Waals surface area (Å²) in [6, 6.07) is 19.8. The molecule has 0 radical (unpaired) electrons. The van der Waals surface area contributed by atoms with Crippen molar-refractivity contribution >= 4 is 11.7 Å². The van der Waals surface area contributed by atoms with Crippen LogP contribution in [0.25, 0.3) is 0 Å². The molecule has 1 unspecified atom stereocenters. The fraction of sp³-hybridized carbons (Fsp3) is 0.250. The quantitative estimate of drug-likeness (QED) is 0.204. The van der Waals surface area contributed by atoms with Gasteiger partial charge < -0.3 is 14.7 Å². The normalized spacial score (nSPS) is 15.6. The van der Waals surface area contributed by atoms with Gasteiger partial charge in [-0.2, -0.15) is 0 Å². The van der Waals surface area contributed by atoms with Crippen LogP contribution in [0.3, 0.4) is 0 Å². The summed E-state index contributed by atoms with van der Waals surface area (Å²) in [4.78, 5) is 20.7. The molecule has 0 saturated carbocycles. The molecule has 6 heteroatoms. The Morgan fingerprint density at radius 1 is 1.12 bits per heavy atom. The number of hydrogen-bond acceptors (Lipinski definition) is 5. The first-order chi connectivity index (χ1) is 16.7. The van der Waals surface area contributed by atoms with Crippen LogP contribution in [-0.2, 0) is 28.9 Å². The Morgan fingerprint density at radius 3 is 2.79 bits per heavy atom. The summed E-state index contributed by atoms with van der Waals surface area (Å²) in [5.74, 6) is 0.119. The van der Waals surface area contributed by atoms with E-state index in [4.69, 9.17) is 14.7 Å². The second-order valence-corrected chi connectivity index (χ2v) is 8.25. The fourth-order valence-corrected chi connectivity index (χ4v) is 4.16. The molecule has 4 rings (SSSR count). The lowest BCUT2D eigenvalue weighted by atomic mass is 9.83. The number of rotatable bonds is 10. The van der Waals surface area contributed by atoms with Crippen LogP contribution in [0.4, 0.5) is 0 Å². The molecule has 174 valence electrons. The molecule has 3 aromatic rings. The third kappa shape index (κ3) is 6.54. The van der Waals surface area contributed by atoms with Crippen molar-refractivity contribution in [3.63, 3.8) is 0 Å². The van der Waals surface area contributed by atoms with E-state index in [1.807, 2.05) is 66.9 Å². The molecule has 1 aliphatic carbocycles. The van der Waals surface area contributed by atoms with Crippen LogP contribution in [0.1, 0.15) is 28.7 Å².